The number of aliphatic imine (C=N–C) groups is 1. The van der Waals surface area contributed by atoms with Gasteiger partial charge in [0.15, 0.2) is 5.90 Å². The maximum atomic E-state index is 13.2. The van der Waals surface area contributed by atoms with Gasteiger partial charge in [0.2, 0.25) is 11.2 Å². The normalized spacial score (nSPS) is 15.2. The number of aromatic nitrogens is 2. The van der Waals surface area contributed by atoms with Gasteiger partial charge in [-0.05, 0) is 49.2 Å². The van der Waals surface area contributed by atoms with Crippen LogP contribution in [0.2, 0.25) is 5.28 Å². The standard InChI is InChI=1S/C23H26ClF3N6O2/c1-4-6-29-20(35-3)13(2)21(34)33-7-5-18-17(12-33)19(32-22(24)31-18)30-11-14-8-15(23(25,26)27)10-16(28)9-14/h4,6,8-10,13H,5,7,11-12,28H2,1-3H3,(H,30,31,32)/b6-4-,29-20?. The first-order valence-electron chi connectivity index (χ1n) is 10.8. The summed E-state index contributed by atoms with van der Waals surface area (Å²) >= 11 is 6.08. The summed E-state index contributed by atoms with van der Waals surface area (Å²) in [7, 11) is 1.45. The summed E-state index contributed by atoms with van der Waals surface area (Å²) in [6.07, 6.45) is -0.803. The molecule has 1 amide bonds. The second-order valence-electron chi connectivity index (χ2n) is 7.97. The molecule has 35 heavy (non-hydrogen) atoms. The lowest BCUT2D eigenvalue weighted by atomic mass is 10.0. The van der Waals surface area contributed by atoms with E-state index in [-0.39, 0.29) is 35.9 Å². The first-order chi connectivity index (χ1) is 16.5. The minimum absolute atomic E-state index is 0.00124. The van der Waals surface area contributed by atoms with E-state index in [4.69, 9.17) is 22.1 Å². The van der Waals surface area contributed by atoms with Crippen molar-refractivity contribution < 1.29 is 22.7 Å². The average molecular weight is 511 g/mol. The van der Waals surface area contributed by atoms with Crippen LogP contribution >= 0.6 is 11.6 Å². The summed E-state index contributed by atoms with van der Waals surface area (Å²) in [6.45, 7) is 4.14. The lowest BCUT2D eigenvalue weighted by Gasteiger charge is -2.31. The summed E-state index contributed by atoms with van der Waals surface area (Å²) in [5.74, 6) is -0.176. The Morgan fingerprint density at radius 1 is 1.37 bits per heavy atom. The largest absolute Gasteiger partial charge is 0.483 e. The number of benzene rings is 1. The number of halogens is 4. The monoisotopic (exact) mass is 510 g/mol. The lowest BCUT2D eigenvalue weighted by molar-refractivity contribution is -0.137. The van der Waals surface area contributed by atoms with E-state index in [2.05, 4.69) is 20.3 Å². The Balaban J connectivity index is 1.83. The highest BCUT2D eigenvalue weighted by Crippen LogP contribution is 2.32. The summed E-state index contributed by atoms with van der Waals surface area (Å²) in [5.41, 5.74) is 6.46. The molecule has 8 nitrogen and oxygen atoms in total. The van der Waals surface area contributed by atoms with E-state index < -0.39 is 17.7 Å². The number of fused-ring (bicyclic) bond motifs is 1. The van der Waals surface area contributed by atoms with E-state index in [0.717, 1.165) is 12.1 Å². The third-order valence-electron chi connectivity index (χ3n) is 5.45. The number of nitrogens with one attached hydrogen (secondary N) is 1. The molecule has 188 valence electrons. The molecule has 3 N–H and O–H groups in total. The van der Waals surface area contributed by atoms with Crippen molar-refractivity contribution in [3.8, 4) is 0 Å². The first-order valence-corrected chi connectivity index (χ1v) is 11.2. The highest BCUT2D eigenvalue weighted by atomic mass is 35.5. The van der Waals surface area contributed by atoms with Crippen LogP contribution in [0.3, 0.4) is 0 Å². The van der Waals surface area contributed by atoms with Gasteiger partial charge in [-0.25, -0.2) is 15.0 Å². The number of hydrogen-bond donors (Lipinski definition) is 2. The smallest absolute Gasteiger partial charge is 0.416 e. The van der Waals surface area contributed by atoms with Crippen LogP contribution in [0.1, 0.15) is 36.2 Å². The Kier molecular flexibility index (Phi) is 8.21. The SMILES string of the molecule is C/C=C\N=C(OC)C(C)C(=O)N1CCc2nc(Cl)nc(NCc3cc(N)cc(C(F)(F)F)c3)c2C1. The molecular weight excluding hydrogens is 485 g/mol. The fraction of sp³-hybridized carbons (Fsp3) is 0.391. The molecule has 0 bridgehead atoms. The van der Waals surface area contributed by atoms with Gasteiger partial charge in [-0.2, -0.15) is 13.2 Å². The van der Waals surface area contributed by atoms with Crippen LogP contribution in [0.4, 0.5) is 24.7 Å². The third kappa shape index (κ3) is 6.41. The number of nitrogen functional groups attached to an aromatic ring is 1. The number of ether oxygens (including phenoxy) is 1. The zero-order chi connectivity index (χ0) is 25.8. The van der Waals surface area contributed by atoms with Crippen LogP contribution in [0, 0.1) is 5.92 Å². The number of alkyl halides is 3. The van der Waals surface area contributed by atoms with Crippen LogP contribution < -0.4 is 11.1 Å². The Morgan fingerprint density at radius 3 is 2.77 bits per heavy atom. The second-order valence-corrected chi connectivity index (χ2v) is 8.30. The van der Waals surface area contributed by atoms with Gasteiger partial charge in [-0.3, -0.25) is 4.79 Å². The molecule has 0 spiro atoms. The van der Waals surface area contributed by atoms with Gasteiger partial charge >= 0.3 is 6.18 Å². The molecule has 3 rings (SSSR count). The maximum absolute atomic E-state index is 13.2. The van der Waals surface area contributed by atoms with Crippen molar-refractivity contribution >= 4 is 34.9 Å². The van der Waals surface area contributed by atoms with Crippen molar-refractivity contribution in [3.63, 3.8) is 0 Å². The summed E-state index contributed by atoms with van der Waals surface area (Å²) in [6, 6.07) is 3.35. The van der Waals surface area contributed by atoms with Crippen molar-refractivity contribution in [2.75, 3.05) is 24.7 Å². The van der Waals surface area contributed by atoms with Gasteiger partial charge in [-0.1, -0.05) is 6.08 Å². The molecule has 1 unspecified atom stereocenters. The van der Waals surface area contributed by atoms with Gasteiger partial charge < -0.3 is 20.7 Å². The maximum Gasteiger partial charge on any atom is 0.416 e. The minimum Gasteiger partial charge on any atom is -0.483 e. The number of amides is 1. The molecule has 1 aliphatic heterocycles. The number of nitrogens with two attached hydrogens (primary N) is 1. The van der Waals surface area contributed by atoms with Gasteiger partial charge in [0.1, 0.15) is 11.7 Å². The van der Waals surface area contributed by atoms with E-state index in [1.54, 1.807) is 31.0 Å². The molecule has 1 atom stereocenters. The Morgan fingerprint density at radius 2 is 2.11 bits per heavy atom. The molecule has 1 aromatic carbocycles. The first kappa shape index (κ1) is 26.3. The van der Waals surface area contributed by atoms with E-state index in [0.29, 0.717) is 35.6 Å². The van der Waals surface area contributed by atoms with Crippen molar-refractivity contribution in [1.29, 1.82) is 0 Å². The Labute approximate surface area is 206 Å². The highest BCUT2D eigenvalue weighted by molar-refractivity contribution is 6.28. The number of carbonyl (C=O) groups excluding carboxylic acids is 1. The van der Waals surface area contributed by atoms with Gasteiger partial charge in [0.25, 0.3) is 0 Å². The number of allylic oxidation sites excluding steroid dienone is 1. The predicted molar refractivity (Wildman–Crippen MR) is 128 cm³/mol. The molecular formula is C23H26ClF3N6O2. The number of methoxy groups -OCH3 is 1. The molecule has 1 aromatic heterocycles. The molecule has 12 heteroatoms. The average Bonchev–Trinajstić information content (AvgIpc) is 2.81. The van der Waals surface area contributed by atoms with Gasteiger partial charge in [0, 0.05) is 37.0 Å². The van der Waals surface area contributed by atoms with Crippen molar-refractivity contribution in [3.05, 3.63) is 58.1 Å². The number of rotatable bonds is 6. The van der Waals surface area contributed by atoms with Crippen LogP contribution in [-0.4, -0.2) is 40.3 Å². The Bertz CT molecular complexity index is 1150. The number of anilines is 2. The van der Waals surface area contributed by atoms with E-state index in [9.17, 15) is 18.0 Å². The summed E-state index contributed by atoms with van der Waals surface area (Å²) in [5, 5.41) is 3.04. The predicted octanol–water partition coefficient (Wildman–Crippen LogP) is 4.44. The quantitative estimate of drug-likeness (QED) is 0.257. The lowest BCUT2D eigenvalue weighted by Crippen LogP contribution is -2.42. The summed E-state index contributed by atoms with van der Waals surface area (Å²) < 4.78 is 44.7. The van der Waals surface area contributed by atoms with Crippen molar-refractivity contribution in [2.45, 2.75) is 39.5 Å². The minimum atomic E-state index is -4.52. The molecule has 2 aromatic rings. The molecule has 0 saturated heterocycles. The number of nitrogens with zero attached hydrogens (tertiary/aromatic N) is 4. The third-order valence-corrected chi connectivity index (χ3v) is 5.62. The fourth-order valence-corrected chi connectivity index (χ4v) is 3.94. The number of hydrogen-bond acceptors (Lipinski definition) is 7. The molecule has 2 heterocycles. The Hall–Kier alpha value is -3.34. The van der Waals surface area contributed by atoms with Crippen LogP contribution in [0.15, 0.2) is 35.5 Å². The van der Waals surface area contributed by atoms with Gasteiger partial charge in [-0.15, -0.1) is 0 Å². The van der Waals surface area contributed by atoms with Crippen molar-refractivity contribution in [1.82, 2.24) is 14.9 Å². The van der Waals surface area contributed by atoms with Crippen LogP contribution in [-0.2, 0) is 35.2 Å². The van der Waals surface area contributed by atoms with E-state index in [1.807, 2.05) is 0 Å². The second kappa shape index (κ2) is 10.9. The molecule has 0 fully saturated rings. The van der Waals surface area contributed by atoms with Crippen LogP contribution in [0.5, 0.6) is 0 Å². The van der Waals surface area contributed by atoms with E-state index in [1.165, 1.54) is 13.2 Å². The number of carbonyl (C=O) groups is 1. The molecule has 1 aliphatic rings. The topological polar surface area (TPSA) is 106 Å². The van der Waals surface area contributed by atoms with Crippen molar-refractivity contribution in [2.24, 2.45) is 10.9 Å². The van der Waals surface area contributed by atoms with Crippen LogP contribution in [0.25, 0.3) is 0 Å². The molecule has 0 radical (unpaired) electrons. The zero-order valence-corrected chi connectivity index (χ0v) is 20.2. The summed E-state index contributed by atoms with van der Waals surface area (Å²) in [4.78, 5) is 27.4. The highest BCUT2D eigenvalue weighted by Gasteiger charge is 2.32. The zero-order valence-electron chi connectivity index (χ0n) is 19.5. The van der Waals surface area contributed by atoms with Gasteiger partial charge in [0.05, 0.1) is 24.9 Å². The molecule has 0 aliphatic carbocycles. The fourth-order valence-electron chi connectivity index (χ4n) is 3.76. The van der Waals surface area contributed by atoms with E-state index >= 15 is 0 Å². The molecule has 0 saturated carbocycles.